The van der Waals surface area contributed by atoms with Crippen molar-refractivity contribution >= 4 is 11.7 Å². The van der Waals surface area contributed by atoms with E-state index in [1.807, 2.05) is 0 Å². The zero-order valence-electron chi connectivity index (χ0n) is 8.47. The molecule has 0 aromatic heterocycles. The van der Waals surface area contributed by atoms with Crippen molar-refractivity contribution in [3.63, 3.8) is 0 Å². The Morgan fingerprint density at radius 3 is 2.88 bits per heavy atom. The number of carboxylic acid groups (broad SMARTS) is 1. The SMILES string of the molecule is CC1Cc2cc([N+](=O)[O-])cc(C(=O)O)c2O1. The van der Waals surface area contributed by atoms with Gasteiger partial charge in [-0.25, -0.2) is 4.79 Å². The van der Waals surface area contributed by atoms with E-state index in [4.69, 9.17) is 9.84 Å². The fourth-order valence-electron chi connectivity index (χ4n) is 1.78. The molecule has 1 unspecified atom stereocenters. The van der Waals surface area contributed by atoms with Gasteiger partial charge in [0, 0.05) is 24.1 Å². The van der Waals surface area contributed by atoms with Gasteiger partial charge in [0.25, 0.3) is 5.69 Å². The molecule has 84 valence electrons. The van der Waals surface area contributed by atoms with Crippen LogP contribution in [0.2, 0.25) is 0 Å². The first-order valence-corrected chi connectivity index (χ1v) is 4.70. The summed E-state index contributed by atoms with van der Waals surface area (Å²) in [4.78, 5) is 21.0. The first-order chi connectivity index (χ1) is 7.49. The first-order valence-electron chi connectivity index (χ1n) is 4.70. The summed E-state index contributed by atoms with van der Waals surface area (Å²) in [6.45, 7) is 1.79. The van der Waals surface area contributed by atoms with E-state index in [9.17, 15) is 14.9 Å². The lowest BCUT2D eigenvalue weighted by Crippen LogP contribution is -2.07. The topological polar surface area (TPSA) is 89.7 Å². The van der Waals surface area contributed by atoms with Crippen molar-refractivity contribution in [3.8, 4) is 5.75 Å². The molecule has 6 heteroatoms. The zero-order valence-corrected chi connectivity index (χ0v) is 8.47. The summed E-state index contributed by atoms with van der Waals surface area (Å²) in [6, 6.07) is 2.39. The largest absolute Gasteiger partial charge is 0.489 e. The maximum Gasteiger partial charge on any atom is 0.339 e. The molecule has 0 spiro atoms. The van der Waals surface area contributed by atoms with Crippen molar-refractivity contribution in [2.75, 3.05) is 0 Å². The zero-order chi connectivity index (χ0) is 11.9. The van der Waals surface area contributed by atoms with Gasteiger partial charge in [0.1, 0.15) is 17.4 Å². The Hall–Kier alpha value is -2.11. The molecule has 2 rings (SSSR count). The van der Waals surface area contributed by atoms with E-state index in [2.05, 4.69) is 0 Å². The lowest BCUT2D eigenvalue weighted by atomic mass is 10.1. The number of non-ortho nitro benzene ring substituents is 1. The van der Waals surface area contributed by atoms with Crippen LogP contribution in [0.1, 0.15) is 22.8 Å². The molecule has 1 atom stereocenters. The molecule has 1 aliphatic rings. The molecule has 0 amide bonds. The van der Waals surface area contributed by atoms with Crippen LogP contribution >= 0.6 is 0 Å². The third-order valence-corrected chi connectivity index (χ3v) is 2.42. The van der Waals surface area contributed by atoms with Crippen LogP contribution in [0, 0.1) is 10.1 Å². The molecule has 0 bridgehead atoms. The van der Waals surface area contributed by atoms with Crippen LogP contribution in [0.4, 0.5) is 5.69 Å². The second-order valence-electron chi connectivity index (χ2n) is 3.68. The molecule has 0 radical (unpaired) electrons. The van der Waals surface area contributed by atoms with E-state index >= 15 is 0 Å². The summed E-state index contributed by atoms with van der Waals surface area (Å²) in [6.07, 6.45) is 0.354. The summed E-state index contributed by atoms with van der Waals surface area (Å²) in [5.41, 5.74) is 0.224. The normalized spacial score (nSPS) is 17.7. The fourth-order valence-corrected chi connectivity index (χ4v) is 1.78. The van der Waals surface area contributed by atoms with E-state index in [-0.39, 0.29) is 23.1 Å². The number of carbonyl (C=O) groups is 1. The number of aromatic carboxylic acids is 1. The Morgan fingerprint density at radius 2 is 2.31 bits per heavy atom. The maximum absolute atomic E-state index is 10.9. The molecule has 1 heterocycles. The molecule has 0 saturated heterocycles. The third-order valence-electron chi connectivity index (χ3n) is 2.42. The highest BCUT2D eigenvalue weighted by Crippen LogP contribution is 2.35. The second kappa shape index (κ2) is 3.48. The molecule has 1 aromatic rings. The quantitative estimate of drug-likeness (QED) is 0.607. The van der Waals surface area contributed by atoms with Gasteiger partial charge < -0.3 is 9.84 Å². The number of nitro groups is 1. The fraction of sp³-hybridized carbons (Fsp3) is 0.300. The smallest absolute Gasteiger partial charge is 0.339 e. The molecule has 0 fully saturated rings. The predicted molar refractivity (Wildman–Crippen MR) is 53.8 cm³/mol. The van der Waals surface area contributed by atoms with Gasteiger partial charge in [-0.2, -0.15) is 0 Å². The highest BCUT2D eigenvalue weighted by molar-refractivity contribution is 5.92. The van der Waals surface area contributed by atoms with Crippen LogP contribution in [0.25, 0.3) is 0 Å². The molecular weight excluding hydrogens is 214 g/mol. The number of carboxylic acids is 1. The van der Waals surface area contributed by atoms with E-state index in [0.717, 1.165) is 6.07 Å². The lowest BCUT2D eigenvalue weighted by Gasteiger charge is -2.05. The van der Waals surface area contributed by atoms with Gasteiger partial charge >= 0.3 is 5.97 Å². The van der Waals surface area contributed by atoms with Crippen molar-refractivity contribution in [2.45, 2.75) is 19.4 Å². The van der Waals surface area contributed by atoms with Gasteiger partial charge in [-0.3, -0.25) is 10.1 Å². The minimum atomic E-state index is -1.21. The van der Waals surface area contributed by atoms with Crippen LogP contribution in [-0.4, -0.2) is 22.1 Å². The highest BCUT2D eigenvalue weighted by Gasteiger charge is 2.28. The minimum Gasteiger partial charge on any atom is -0.489 e. The number of rotatable bonds is 2. The highest BCUT2D eigenvalue weighted by atomic mass is 16.6. The van der Waals surface area contributed by atoms with Gasteiger partial charge in [0.2, 0.25) is 0 Å². The number of benzene rings is 1. The molecule has 0 saturated carbocycles. The minimum absolute atomic E-state index is 0.143. The molecule has 6 nitrogen and oxygen atoms in total. The number of ether oxygens (including phenoxy) is 1. The Balaban J connectivity index is 2.60. The van der Waals surface area contributed by atoms with E-state index < -0.39 is 10.9 Å². The van der Waals surface area contributed by atoms with Crippen molar-refractivity contribution in [1.29, 1.82) is 0 Å². The van der Waals surface area contributed by atoms with Crippen LogP contribution in [-0.2, 0) is 6.42 Å². The lowest BCUT2D eigenvalue weighted by molar-refractivity contribution is -0.384. The summed E-state index contributed by atoms with van der Waals surface area (Å²) < 4.78 is 5.33. The van der Waals surface area contributed by atoms with Gasteiger partial charge in [-0.05, 0) is 6.92 Å². The van der Waals surface area contributed by atoms with Crippen molar-refractivity contribution in [2.24, 2.45) is 0 Å². The summed E-state index contributed by atoms with van der Waals surface area (Å²) in [7, 11) is 0. The first kappa shape index (κ1) is 10.4. The predicted octanol–water partition coefficient (Wildman–Crippen LogP) is 1.62. The number of nitro benzene ring substituents is 1. The van der Waals surface area contributed by atoms with Gasteiger partial charge in [-0.15, -0.1) is 0 Å². The van der Waals surface area contributed by atoms with Crippen LogP contribution in [0.15, 0.2) is 12.1 Å². The van der Waals surface area contributed by atoms with Crippen LogP contribution in [0.3, 0.4) is 0 Å². The van der Waals surface area contributed by atoms with Gasteiger partial charge in [0.15, 0.2) is 0 Å². The van der Waals surface area contributed by atoms with Gasteiger partial charge in [0.05, 0.1) is 4.92 Å². The van der Waals surface area contributed by atoms with E-state index in [1.165, 1.54) is 6.07 Å². The second-order valence-corrected chi connectivity index (χ2v) is 3.68. The molecule has 16 heavy (non-hydrogen) atoms. The Bertz CT molecular complexity index is 482. The number of hydrogen-bond acceptors (Lipinski definition) is 4. The average molecular weight is 223 g/mol. The van der Waals surface area contributed by atoms with Crippen molar-refractivity contribution in [1.82, 2.24) is 0 Å². The number of nitrogens with zero attached hydrogens (tertiary/aromatic N) is 1. The van der Waals surface area contributed by atoms with E-state index in [1.54, 1.807) is 6.92 Å². The standard InChI is InChI=1S/C10H9NO5/c1-5-2-6-3-7(11(14)15)4-8(10(12)13)9(6)16-5/h3-5H,2H2,1H3,(H,12,13). The van der Waals surface area contributed by atoms with Crippen molar-refractivity contribution in [3.05, 3.63) is 33.4 Å². The van der Waals surface area contributed by atoms with Crippen LogP contribution in [0.5, 0.6) is 5.75 Å². The van der Waals surface area contributed by atoms with Crippen LogP contribution < -0.4 is 4.74 Å². The number of fused-ring (bicyclic) bond motifs is 1. The average Bonchev–Trinajstić information content (AvgIpc) is 2.55. The maximum atomic E-state index is 10.9. The molecular formula is C10H9NO5. The van der Waals surface area contributed by atoms with Gasteiger partial charge in [-0.1, -0.05) is 0 Å². The Labute approximate surface area is 90.6 Å². The van der Waals surface area contributed by atoms with Crippen molar-refractivity contribution < 1.29 is 19.6 Å². The summed E-state index contributed by atoms with van der Waals surface area (Å²) >= 11 is 0. The molecule has 1 aliphatic heterocycles. The number of hydrogen-bond donors (Lipinski definition) is 1. The summed E-state index contributed by atoms with van der Waals surface area (Å²) in [5, 5.41) is 19.6. The monoisotopic (exact) mass is 223 g/mol. The molecule has 1 N–H and O–H groups in total. The summed E-state index contributed by atoms with van der Waals surface area (Å²) in [5.74, 6) is -0.959. The van der Waals surface area contributed by atoms with E-state index in [0.29, 0.717) is 12.0 Å². The Morgan fingerprint density at radius 1 is 1.62 bits per heavy atom. The molecule has 0 aliphatic carbocycles. The Kier molecular flexibility index (Phi) is 2.26. The molecule has 1 aromatic carbocycles. The third kappa shape index (κ3) is 1.58.